The molecule has 1 rings (SSSR count). The third kappa shape index (κ3) is 4.75. The summed E-state index contributed by atoms with van der Waals surface area (Å²) in [4.78, 5) is 11.3. The lowest BCUT2D eigenvalue weighted by molar-refractivity contribution is -0.116. The maximum Gasteiger partial charge on any atom is 0.161 e. The van der Waals surface area contributed by atoms with Gasteiger partial charge in [-0.05, 0) is 31.0 Å². The number of hydrogen-bond acceptors (Lipinski definition) is 3. The molecule has 0 aliphatic heterocycles. The van der Waals surface area contributed by atoms with Gasteiger partial charge in [-0.2, -0.15) is 0 Å². The van der Waals surface area contributed by atoms with Gasteiger partial charge in [-0.1, -0.05) is 25.8 Å². The Morgan fingerprint density at radius 2 is 2.05 bits per heavy atom. The van der Waals surface area contributed by atoms with Crippen LogP contribution in [0.15, 0.2) is 18.2 Å². The lowest BCUT2D eigenvalue weighted by Crippen LogP contribution is -2.04. The molecule has 0 saturated heterocycles. The normalized spacial score (nSPS) is 12.0. The Balaban J connectivity index is 2.80. The van der Waals surface area contributed by atoms with E-state index in [1.54, 1.807) is 25.3 Å². The molecule has 0 bridgehead atoms. The first-order valence-corrected chi connectivity index (χ1v) is 6.99. The zero-order valence-electron chi connectivity index (χ0n) is 11.7. The number of rotatable bonds is 8. The zero-order chi connectivity index (χ0) is 14.3. The van der Waals surface area contributed by atoms with Crippen LogP contribution in [0.2, 0.25) is 0 Å². The minimum atomic E-state index is -0.635. The molecule has 1 aromatic rings. The summed E-state index contributed by atoms with van der Waals surface area (Å²) in [7, 11) is 1.59. The van der Waals surface area contributed by atoms with E-state index in [4.69, 9.17) is 21.1 Å². The van der Waals surface area contributed by atoms with E-state index >= 15 is 0 Å². The molecule has 3 nitrogen and oxygen atoms in total. The summed E-state index contributed by atoms with van der Waals surface area (Å²) >= 11 is 6.05. The van der Waals surface area contributed by atoms with Crippen molar-refractivity contribution in [3.05, 3.63) is 23.8 Å². The summed E-state index contributed by atoms with van der Waals surface area (Å²) in [5.74, 6) is 1.22. The van der Waals surface area contributed by atoms with Gasteiger partial charge in [-0.25, -0.2) is 0 Å². The minimum Gasteiger partial charge on any atom is -0.493 e. The quantitative estimate of drug-likeness (QED) is 0.532. The van der Waals surface area contributed by atoms with Crippen molar-refractivity contribution >= 4 is 17.4 Å². The van der Waals surface area contributed by atoms with Crippen molar-refractivity contribution in [2.24, 2.45) is 0 Å². The van der Waals surface area contributed by atoms with Crippen LogP contribution >= 0.6 is 11.6 Å². The Bertz CT molecular complexity index is 418. The van der Waals surface area contributed by atoms with Gasteiger partial charge >= 0.3 is 0 Å². The van der Waals surface area contributed by atoms with Gasteiger partial charge in [0.15, 0.2) is 17.3 Å². The Morgan fingerprint density at radius 3 is 2.63 bits per heavy atom. The molecular formula is C15H21ClO3. The third-order valence-electron chi connectivity index (χ3n) is 2.84. The molecule has 1 atom stereocenters. The van der Waals surface area contributed by atoms with Crippen LogP contribution in [-0.2, 0) is 4.79 Å². The molecule has 4 heteroatoms. The first-order chi connectivity index (χ1) is 9.10. The first kappa shape index (κ1) is 15.8. The predicted molar refractivity (Wildman–Crippen MR) is 77.3 cm³/mol. The number of unbranched alkanes of at least 4 members (excludes halogenated alkanes) is 2. The van der Waals surface area contributed by atoms with Gasteiger partial charge in [0.2, 0.25) is 0 Å². The molecule has 1 aromatic carbocycles. The number of hydrogen-bond donors (Lipinski definition) is 0. The van der Waals surface area contributed by atoms with Gasteiger partial charge in [0.1, 0.15) is 5.38 Å². The molecule has 0 spiro atoms. The number of methoxy groups -OCH3 is 1. The van der Waals surface area contributed by atoms with Crippen molar-refractivity contribution in [2.75, 3.05) is 13.7 Å². The van der Waals surface area contributed by atoms with Gasteiger partial charge in [0.05, 0.1) is 13.7 Å². The van der Waals surface area contributed by atoms with Crippen LogP contribution in [0.3, 0.4) is 0 Å². The molecule has 0 N–H and O–H groups in total. The second-order valence-electron chi connectivity index (χ2n) is 4.44. The molecule has 0 radical (unpaired) electrons. The number of benzene rings is 1. The van der Waals surface area contributed by atoms with Gasteiger partial charge in [0, 0.05) is 0 Å². The highest BCUT2D eigenvalue weighted by Crippen LogP contribution is 2.32. The van der Waals surface area contributed by atoms with Crippen LogP contribution in [0.25, 0.3) is 0 Å². The summed E-state index contributed by atoms with van der Waals surface area (Å²) in [5.41, 5.74) is 0.737. The van der Waals surface area contributed by atoms with Crippen molar-refractivity contribution < 1.29 is 14.3 Å². The van der Waals surface area contributed by atoms with E-state index in [1.807, 2.05) is 0 Å². The summed E-state index contributed by atoms with van der Waals surface area (Å²) in [6.45, 7) is 4.26. The fourth-order valence-corrected chi connectivity index (χ4v) is 1.87. The highest BCUT2D eigenvalue weighted by atomic mass is 35.5. The molecule has 0 aromatic heterocycles. The number of Topliss-reactive ketones (excluding diaryl/α,β-unsaturated/α-hetero) is 1. The fourth-order valence-electron chi connectivity index (χ4n) is 1.73. The Labute approximate surface area is 119 Å². The predicted octanol–water partition coefficient (Wildman–Crippen LogP) is 4.13. The van der Waals surface area contributed by atoms with Crippen LogP contribution in [-0.4, -0.2) is 19.5 Å². The summed E-state index contributed by atoms with van der Waals surface area (Å²) in [6.07, 6.45) is 3.28. The molecule has 0 heterocycles. The lowest BCUT2D eigenvalue weighted by Gasteiger charge is -2.13. The molecule has 0 amide bonds. The standard InChI is InChI=1S/C15H21ClO3/c1-4-5-6-9-19-14-10-12(15(16)11(2)17)7-8-13(14)18-3/h7-8,10,15H,4-6,9H2,1-3H3. The minimum absolute atomic E-state index is 0.0798. The molecule has 0 saturated carbocycles. The van der Waals surface area contributed by atoms with Crippen LogP contribution in [0, 0.1) is 0 Å². The van der Waals surface area contributed by atoms with E-state index in [-0.39, 0.29) is 5.78 Å². The number of alkyl halides is 1. The Hall–Kier alpha value is -1.22. The second-order valence-corrected chi connectivity index (χ2v) is 4.88. The van der Waals surface area contributed by atoms with E-state index in [9.17, 15) is 4.79 Å². The average Bonchev–Trinajstić information content (AvgIpc) is 2.42. The van der Waals surface area contributed by atoms with Gasteiger partial charge < -0.3 is 9.47 Å². The topological polar surface area (TPSA) is 35.5 Å². The van der Waals surface area contributed by atoms with Crippen LogP contribution in [0.1, 0.15) is 44.1 Å². The molecule has 0 fully saturated rings. The number of halogens is 1. The van der Waals surface area contributed by atoms with Crippen LogP contribution < -0.4 is 9.47 Å². The van der Waals surface area contributed by atoms with E-state index in [0.29, 0.717) is 18.1 Å². The van der Waals surface area contributed by atoms with Crippen molar-refractivity contribution in [1.29, 1.82) is 0 Å². The molecule has 106 valence electrons. The number of ketones is 1. The Morgan fingerprint density at radius 1 is 1.32 bits per heavy atom. The van der Waals surface area contributed by atoms with Crippen LogP contribution in [0.5, 0.6) is 11.5 Å². The number of ether oxygens (including phenoxy) is 2. The van der Waals surface area contributed by atoms with Crippen molar-refractivity contribution in [2.45, 2.75) is 38.5 Å². The van der Waals surface area contributed by atoms with Gasteiger partial charge in [0.25, 0.3) is 0 Å². The second kappa shape index (κ2) is 8.05. The summed E-state index contributed by atoms with van der Waals surface area (Å²) in [5, 5.41) is -0.635. The highest BCUT2D eigenvalue weighted by molar-refractivity contribution is 6.30. The van der Waals surface area contributed by atoms with Gasteiger partial charge in [-0.15, -0.1) is 11.6 Å². The van der Waals surface area contributed by atoms with E-state index in [2.05, 4.69) is 6.92 Å². The van der Waals surface area contributed by atoms with Crippen molar-refractivity contribution in [1.82, 2.24) is 0 Å². The van der Waals surface area contributed by atoms with E-state index in [0.717, 1.165) is 24.8 Å². The maximum atomic E-state index is 11.3. The monoisotopic (exact) mass is 284 g/mol. The first-order valence-electron chi connectivity index (χ1n) is 6.55. The van der Waals surface area contributed by atoms with E-state index < -0.39 is 5.38 Å². The number of carbonyl (C=O) groups excluding carboxylic acids is 1. The van der Waals surface area contributed by atoms with E-state index in [1.165, 1.54) is 6.92 Å². The summed E-state index contributed by atoms with van der Waals surface area (Å²) in [6, 6.07) is 5.35. The summed E-state index contributed by atoms with van der Waals surface area (Å²) < 4.78 is 11.0. The SMILES string of the molecule is CCCCCOc1cc(C(Cl)C(C)=O)ccc1OC. The largest absolute Gasteiger partial charge is 0.493 e. The van der Waals surface area contributed by atoms with Crippen molar-refractivity contribution in [3.63, 3.8) is 0 Å². The molecule has 19 heavy (non-hydrogen) atoms. The Kier molecular flexibility index (Phi) is 6.71. The maximum absolute atomic E-state index is 11.3. The molecule has 0 aliphatic rings. The molecule has 1 unspecified atom stereocenters. The van der Waals surface area contributed by atoms with Crippen molar-refractivity contribution in [3.8, 4) is 11.5 Å². The lowest BCUT2D eigenvalue weighted by atomic mass is 10.1. The van der Waals surface area contributed by atoms with Crippen LogP contribution in [0.4, 0.5) is 0 Å². The number of carbonyl (C=O) groups is 1. The van der Waals surface area contributed by atoms with Gasteiger partial charge in [-0.3, -0.25) is 4.79 Å². The fraction of sp³-hybridized carbons (Fsp3) is 0.533. The smallest absolute Gasteiger partial charge is 0.161 e. The average molecular weight is 285 g/mol. The third-order valence-corrected chi connectivity index (χ3v) is 3.40. The molecular weight excluding hydrogens is 264 g/mol. The molecule has 0 aliphatic carbocycles. The zero-order valence-corrected chi connectivity index (χ0v) is 12.5. The highest BCUT2D eigenvalue weighted by Gasteiger charge is 2.15.